The van der Waals surface area contributed by atoms with Crippen molar-refractivity contribution in [2.24, 2.45) is 38.9 Å². The molecule has 190 valence electrons. The normalized spacial score (nSPS) is 50.0. The van der Waals surface area contributed by atoms with Gasteiger partial charge in [0.05, 0.1) is 35.1 Å². The Bertz CT molecular complexity index is 998. The number of hydrogen-bond acceptors (Lipinski definition) is 7. The van der Waals surface area contributed by atoms with Crippen LogP contribution < -0.4 is 0 Å². The molecule has 0 aromatic heterocycles. The summed E-state index contributed by atoms with van der Waals surface area (Å²) in [6, 6.07) is 0. The highest BCUT2D eigenvalue weighted by molar-refractivity contribution is 6.74. The van der Waals surface area contributed by atoms with E-state index in [1.165, 1.54) is 19.3 Å². The van der Waals surface area contributed by atoms with Crippen LogP contribution in [-0.4, -0.2) is 68.9 Å². The first-order chi connectivity index (χ1) is 15.5. The minimum absolute atomic E-state index is 0.0327. The summed E-state index contributed by atoms with van der Waals surface area (Å²) in [4.78, 5) is 28.3. The van der Waals surface area contributed by atoms with E-state index in [1.54, 1.807) is 0 Å². The zero-order valence-electron chi connectivity index (χ0n) is 21.9. The monoisotopic (exact) mass is 492 g/mol. The van der Waals surface area contributed by atoms with Gasteiger partial charge in [0.1, 0.15) is 12.6 Å². The fraction of sp³-hybridized carbons (Fsp3) is 0.846. The Morgan fingerprint density at radius 3 is 2.29 bits per heavy atom. The molecular formula is C26H40O7Si. The van der Waals surface area contributed by atoms with Gasteiger partial charge in [-0.25, -0.2) is 0 Å². The lowest BCUT2D eigenvalue weighted by Crippen LogP contribution is -2.89. The lowest BCUT2D eigenvalue weighted by Gasteiger charge is -2.80. The largest absolute Gasteiger partial charge is 0.416 e. The molecule has 0 aliphatic heterocycles. The van der Waals surface area contributed by atoms with Crippen molar-refractivity contribution < 1.29 is 33.7 Å². The Morgan fingerprint density at radius 1 is 1.12 bits per heavy atom. The molecule has 6 rings (SSSR count). The fourth-order valence-corrected chi connectivity index (χ4v) is 10.7. The first-order valence-electron chi connectivity index (χ1n) is 12.4. The standard InChI is InChI=1S/C26H40O7Si/c1-21(2,3)34(8,9)33-12-24-22(4,5)17-16-18(29)23(24,6)25(19(16)30)14(27)10-11-15(28)26(24,25)20(17)32-13-31-7/h10-11,14,16-17,19-20,27,30H,12-13H2,1-9H3/t14-,16-,17-,19-,20-,23+,24-,25+,26-/m1/s1. The quantitative estimate of drug-likeness (QED) is 0.434. The number of methoxy groups -OCH3 is 1. The summed E-state index contributed by atoms with van der Waals surface area (Å²) in [6.45, 7) is 17.1. The fourth-order valence-electron chi connectivity index (χ4n) is 9.73. The van der Waals surface area contributed by atoms with Gasteiger partial charge < -0.3 is 24.1 Å². The molecule has 0 aromatic rings. The van der Waals surface area contributed by atoms with Gasteiger partial charge >= 0.3 is 0 Å². The molecule has 0 unspecified atom stereocenters. The van der Waals surface area contributed by atoms with Crippen LogP contribution in [0.2, 0.25) is 18.1 Å². The van der Waals surface area contributed by atoms with E-state index in [9.17, 15) is 19.8 Å². The molecule has 6 aliphatic rings. The maximum Gasteiger partial charge on any atom is 0.192 e. The Hall–Kier alpha value is -0.903. The van der Waals surface area contributed by atoms with Crippen LogP contribution in [0.1, 0.15) is 41.5 Å². The first-order valence-corrected chi connectivity index (χ1v) is 15.3. The molecule has 0 amide bonds. The molecule has 2 spiro atoms. The molecule has 0 saturated heterocycles. The number of carbonyl (C=O) groups is 2. The maximum absolute atomic E-state index is 14.2. The van der Waals surface area contributed by atoms with Gasteiger partial charge in [-0.2, -0.15) is 0 Å². The van der Waals surface area contributed by atoms with Crippen molar-refractivity contribution in [3.8, 4) is 0 Å². The van der Waals surface area contributed by atoms with Crippen molar-refractivity contribution in [3.63, 3.8) is 0 Å². The summed E-state index contributed by atoms with van der Waals surface area (Å²) in [5.74, 6) is -1.34. The summed E-state index contributed by atoms with van der Waals surface area (Å²) in [6.07, 6.45) is -0.0191. The molecule has 5 saturated carbocycles. The number of rotatable bonds is 6. The average molecular weight is 493 g/mol. The lowest BCUT2D eigenvalue weighted by atomic mass is 9.20. The van der Waals surface area contributed by atoms with Gasteiger partial charge in [-0.3, -0.25) is 9.59 Å². The predicted molar refractivity (Wildman–Crippen MR) is 127 cm³/mol. The summed E-state index contributed by atoms with van der Waals surface area (Å²) in [7, 11) is -0.738. The maximum atomic E-state index is 14.2. The van der Waals surface area contributed by atoms with Crippen molar-refractivity contribution in [2.45, 2.75) is 78.0 Å². The second-order valence-corrected chi connectivity index (χ2v) is 18.3. The van der Waals surface area contributed by atoms with Gasteiger partial charge in [0.15, 0.2) is 14.1 Å². The molecule has 9 atom stereocenters. The number of ketones is 2. The third-order valence-electron chi connectivity index (χ3n) is 11.8. The van der Waals surface area contributed by atoms with E-state index in [1.807, 2.05) is 6.92 Å². The molecule has 6 bridgehead atoms. The van der Waals surface area contributed by atoms with E-state index < -0.39 is 59.6 Å². The zero-order valence-corrected chi connectivity index (χ0v) is 22.9. The lowest BCUT2D eigenvalue weighted by molar-refractivity contribution is -0.375. The molecule has 7 nitrogen and oxygen atoms in total. The van der Waals surface area contributed by atoms with E-state index in [0.717, 1.165) is 0 Å². The average Bonchev–Trinajstić information content (AvgIpc) is 2.83. The van der Waals surface area contributed by atoms with Crippen LogP contribution in [-0.2, 0) is 23.5 Å². The highest BCUT2D eigenvalue weighted by atomic mass is 28.4. The third kappa shape index (κ3) is 1.92. The van der Waals surface area contributed by atoms with E-state index in [-0.39, 0.29) is 35.9 Å². The molecule has 0 radical (unpaired) electrons. The van der Waals surface area contributed by atoms with E-state index in [2.05, 4.69) is 47.7 Å². The second kappa shape index (κ2) is 6.50. The van der Waals surface area contributed by atoms with Crippen LogP contribution in [0.3, 0.4) is 0 Å². The van der Waals surface area contributed by atoms with Gasteiger partial charge in [0.25, 0.3) is 0 Å². The number of aliphatic hydroxyl groups is 2. The minimum atomic E-state index is -2.27. The minimum Gasteiger partial charge on any atom is -0.416 e. The van der Waals surface area contributed by atoms with Crippen molar-refractivity contribution in [3.05, 3.63) is 12.2 Å². The number of ether oxygens (including phenoxy) is 2. The Balaban J connectivity index is 1.80. The number of hydrogen-bond donors (Lipinski definition) is 2. The Labute approximate surface area is 203 Å². The van der Waals surface area contributed by atoms with Gasteiger partial charge in [-0.05, 0) is 29.6 Å². The van der Waals surface area contributed by atoms with E-state index in [4.69, 9.17) is 13.9 Å². The van der Waals surface area contributed by atoms with Crippen molar-refractivity contribution in [2.75, 3.05) is 20.5 Å². The summed E-state index contributed by atoms with van der Waals surface area (Å²) in [5.41, 5.74) is -5.24. The first kappa shape index (κ1) is 24.8. The molecule has 2 N–H and O–H groups in total. The molecule has 0 heterocycles. The topological polar surface area (TPSA) is 102 Å². The zero-order chi connectivity index (χ0) is 25.5. The van der Waals surface area contributed by atoms with E-state index in [0.29, 0.717) is 0 Å². The van der Waals surface area contributed by atoms with E-state index >= 15 is 0 Å². The highest BCUT2D eigenvalue weighted by Gasteiger charge is 3.07. The predicted octanol–water partition coefficient (Wildman–Crippen LogP) is 2.71. The highest BCUT2D eigenvalue weighted by Crippen LogP contribution is 2.98. The third-order valence-corrected chi connectivity index (χ3v) is 16.3. The van der Waals surface area contributed by atoms with Crippen molar-refractivity contribution in [1.82, 2.24) is 0 Å². The summed E-state index contributed by atoms with van der Waals surface area (Å²) >= 11 is 0. The van der Waals surface area contributed by atoms with Crippen molar-refractivity contribution in [1.29, 1.82) is 0 Å². The second-order valence-electron chi connectivity index (χ2n) is 13.5. The van der Waals surface area contributed by atoms with Gasteiger partial charge in [-0.1, -0.05) is 47.6 Å². The van der Waals surface area contributed by atoms with Gasteiger partial charge in [0.2, 0.25) is 0 Å². The van der Waals surface area contributed by atoms with Crippen LogP contribution in [0.25, 0.3) is 0 Å². The van der Waals surface area contributed by atoms with Gasteiger partial charge in [-0.15, -0.1) is 0 Å². The molecular weight excluding hydrogens is 452 g/mol. The SMILES string of the molecule is COCO[C@@H]1[C@H]2[C@@H]3C(=O)[C@]4(C)[C@]5([C@H](O)C=CC(=O)[C@]15[C@]4(CO[Si](C)(C)C(C)(C)C)C2(C)C)[C@@H]3O. The number of aliphatic hydroxyl groups excluding tert-OH is 2. The van der Waals surface area contributed by atoms with Crippen LogP contribution >= 0.6 is 0 Å². The summed E-state index contributed by atoms with van der Waals surface area (Å²) in [5, 5.41) is 23.2. The van der Waals surface area contributed by atoms with Gasteiger partial charge in [0, 0.05) is 30.5 Å². The van der Waals surface area contributed by atoms with Crippen LogP contribution in [0, 0.1) is 38.9 Å². The van der Waals surface area contributed by atoms with Crippen molar-refractivity contribution >= 4 is 19.9 Å². The Kier molecular flexibility index (Phi) is 4.74. The molecule has 34 heavy (non-hydrogen) atoms. The smallest absolute Gasteiger partial charge is 0.192 e. The molecule has 5 fully saturated rings. The number of allylic oxidation sites excluding steroid dienone is 1. The van der Waals surface area contributed by atoms with Crippen LogP contribution in [0.5, 0.6) is 0 Å². The molecule has 8 heteroatoms. The van der Waals surface area contributed by atoms with Crippen LogP contribution in [0.4, 0.5) is 0 Å². The summed E-state index contributed by atoms with van der Waals surface area (Å²) < 4.78 is 18.4. The number of Topliss-reactive ketones (excluding diaryl/α,β-unsaturated/α-hetero) is 1. The molecule has 6 aliphatic carbocycles. The van der Waals surface area contributed by atoms with Crippen LogP contribution in [0.15, 0.2) is 12.2 Å². The molecule has 0 aromatic carbocycles. The Morgan fingerprint density at radius 2 is 1.74 bits per heavy atom. The number of carbonyl (C=O) groups excluding carboxylic acids is 2.